The Labute approximate surface area is 134 Å². The maximum Gasteiger partial charge on any atom is 0.253 e. The van der Waals surface area contributed by atoms with Crippen molar-refractivity contribution in [3.05, 3.63) is 33.8 Å². The van der Waals surface area contributed by atoms with Crippen LogP contribution in [0.25, 0.3) is 0 Å². The summed E-state index contributed by atoms with van der Waals surface area (Å²) < 4.78 is 0. The molecule has 0 saturated heterocycles. The molecule has 0 radical (unpaired) electrons. The predicted octanol–water partition coefficient (Wildman–Crippen LogP) is 1.97. The average molecular weight is 332 g/mol. The van der Waals surface area contributed by atoms with Crippen molar-refractivity contribution in [3.8, 4) is 0 Å². The van der Waals surface area contributed by atoms with Crippen LogP contribution in [0.2, 0.25) is 10.0 Å². The second-order valence-corrected chi connectivity index (χ2v) is 6.29. The molecule has 1 atom stereocenters. The summed E-state index contributed by atoms with van der Waals surface area (Å²) in [6.07, 6.45) is 0. The van der Waals surface area contributed by atoms with Crippen LogP contribution < -0.4 is 16.4 Å². The molecular formula is C14H19Cl2N3O2. The van der Waals surface area contributed by atoms with E-state index in [1.807, 2.05) is 0 Å². The van der Waals surface area contributed by atoms with E-state index in [9.17, 15) is 9.59 Å². The Balaban J connectivity index is 2.66. The van der Waals surface area contributed by atoms with E-state index < -0.39 is 17.5 Å². The minimum absolute atomic E-state index is 0.160. The summed E-state index contributed by atoms with van der Waals surface area (Å²) >= 11 is 11.8. The summed E-state index contributed by atoms with van der Waals surface area (Å²) in [6.45, 7) is 5.48. The molecule has 1 unspecified atom stereocenters. The van der Waals surface area contributed by atoms with Crippen LogP contribution in [0.15, 0.2) is 18.2 Å². The molecule has 0 aliphatic heterocycles. The van der Waals surface area contributed by atoms with Crippen molar-refractivity contribution in [3.63, 3.8) is 0 Å². The van der Waals surface area contributed by atoms with Crippen molar-refractivity contribution >= 4 is 35.0 Å². The molecule has 0 saturated carbocycles. The van der Waals surface area contributed by atoms with Gasteiger partial charge in [0, 0.05) is 12.1 Å². The minimum atomic E-state index is -0.713. The second kappa shape index (κ2) is 7.11. The summed E-state index contributed by atoms with van der Waals surface area (Å²) in [6, 6.07) is 4.03. The number of halogens is 2. The van der Waals surface area contributed by atoms with E-state index in [4.69, 9.17) is 28.9 Å². The number of benzene rings is 1. The molecule has 2 amide bonds. The van der Waals surface area contributed by atoms with Crippen LogP contribution >= 0.6 is 23.2 Å². The monoisotopic (exact) mass is 331 g/mol. The third-order valence-corrected chi connectivity index (χ3v) is 3.47. The number of carbonyl (C=O) groups is 2. The molecule has 7 heteroatoms. The molecule has 0 heterocycles. The van der Waals surface area contributed by atoms with Crippen molar-refractivity contribution in [1.29, 1.82) is 0 Å². The van der Waals surface area contributed by atoms with Crippen LogP contribution in [0.4, 0.5) is 0 Å². The smallest absolute Gasteiger partial charge is 0.253 e. The summed E-state index contributed by atoms with van der Waals surface area (Å²) in [5.41, 5.74) is 5.49. The molecular weight excluding hydrogens is 313 g/mol. The number of hydrogen-bond acceptors (Lipinski definition) is 3. The molecule has 0 aliphatic carbocycles. The Hall–Kier alpha value is -1.30. The zero-order valence-corrected chi connectivity index (χ0v) is 13.7. The molecule has 1 aromatic carbocycles. The van der Waals surface area contributed by atoms with Crippen molar-refractivity contribution < 1.29 is 9.59 Å². The number of hydrogen-bond donors (Lipinski definition) is 3. The molecule has 0 aromatic heterocycles. The number of nitrogens with one attached hydrogen (secondary N) is 2. The Bertz CT molecular complexity index is 542. The highest BCUT2D eigenvalue weighted by molar-refractivity contribution is 6.43. The van der Waals surface area contributed by atoms with E-state index in [-0.39, 0.29) is 21.5 Å². The van der Waals surface area contributed by atoms with E-state index in [2.05, 4.69) is 10.6 Å². The zero-order chi connectivity index (χ0) is 16.2. The number of amides is 2. The van der Waals surface area contributed by atoms with E-state index >= 15 is 0 Å². The quantitative estimate of drug-likeness (QED) is 0.771. The van der Waals surface area contributed by atoms with E-state index in [1.54, 1.807) is 32.9 Å². The standard InChI is InChI=1S/C14H19Cl2N3O2/c1-8(12(20)18-7-14(2,3)17)19-13(21)9-5-4-6-10(15)11(9)16/h4-6,8H,7,17H2,1-3H3,(H,18,20)(H,19,21). The van der Waals surface area contributed by atoms with Crippen LogP contribution in [0.3, 0.4) is 0 Å². The van der Waals surface area contributed by atoms with Gasteiger partial charge in [0.25, 0.3) is 5.91 Å². The first-order chi connectivity index (χ1) is 9.61. The normalized spacial score (nSPS) is 12.7. The van der Waals surface area contributed by atoms with Crippen LogP contribution in [0, 0.1) is 0 Å². The van der Waals surface area contributed by atoms with Gasteiger partial charge in [0.15, 0.2) is 0 Å². The summed E-state index contributed by atoms with van der Waals surface area (Å²) in [5, 5.41) is 5.68. The maximum atomic E-state index is 12.1. The number of rotatable bonds is 5. The van der Waals surface area contributed by atoms with Gasteiger partial charge in [0.1, 0.15) is 6.04 Å². The average Bonchev–Trinajstić information content (AvgIpc) is 2.38. The fourth-order valence-electron chi connectivity index (χ4n) is 1.49. The first-order valence-electron chi connectivity index (χ1n) is 6.43. The van der Waals surface area contributed by atoms with Gasteiger partial charge in [0.05, 0.1) is 15.6 Å². The molecule has 0 bridgehead atoms. The van der Waals surface area contributed by atoms with Gasteiger partial charge in [-0.25, -0.2) is 0 Å². The second-order valence-electron chi connectivity index (χ2n) is 5.50. The third kappa shape index (κ3) is 5.53. The Morgan fingerprint density at radius 1 is 1.33 bits per heavy atom. The molecule has 1 aromatic rings. The van der Waals surface area contributed by atoms with Gasteiger partial charge in [0.2, 0.25) is 5.91 Å². The number of nitrogens with two attached hydrogens (primary N) is 1. The van der Waals surface area contributed by atoms with Crippen LogP contribution in [-0.2, 0) is 4.79 Å². The topological polar surface area (TPSA) is 84.2 Å². The van der Waals surface area contributed by atoms with Crippen LogP contribution in [0.5, 0.6) is 0 Å². The molecule has 21 heavy (non-hydrogen) atoms. The molecule has 116 valence electrons. The van der Waals surface area contributed by atoms with E-state index in [0.717, 1.165) is 0 Å². The largest absolute Gasteiger partial charge is 0.353 e. The zero-order valence-electron chi connectivity index (χ0n) is 12.2. The Kier molecular flexibility index (Phi) is 6.01. The SMILES string of the molecule is CC(NC(=O)c1cccc(Cl)c1Cl)C(=O)NCC(C)(C)N. The highest BCUT2D eigenvalue weighted by Crippen LogP contribution is 2.25. The predicted molar refractivity (Wildman–Crippen MR) is 84.7 cm³/mol. The summed E-state index contributed by atoms with van der Waals surface area (Å²) in [4.78, 5) is 23.9. The summed E-state index contributed by atoms with van der Waals surface area (Å²) in [7, 11) is 0. The Morgan fingerprint density at radius 2 is 1.95 bits per heavy atom. The van der Waals surface area contributed by atoms with Gasteiger partial charge in [-0.15, -0.1) is 0 Å². The molecule has 1 rings (SSSR count). The highest BCUT2D eigenvalue weighted by Gasteiger charge is 2.20. The van der Waals surface area contributed by atoms with Crippen LogP contribution in [-0.4, -0.2) is 29.9 Å². The molecule has 0 spiro atoms. The lowest BCUT2D eigenvalue weighted by Crippen LogP contribution is -2.51. The fourth-order valence-corrected chi connectivity index (χ4v) is 1.87. The lowest BCUT2D eigenvalue weighted by Gasteiger charge is -2.21. The van der Waals surface area contributed by atoms with Gasteiger partial charge < -0.3 is 16.4 Å². The lowest BCUT2D eigenvalue weighted by atomic mass is 10.1. The van der Waals surface area contributed by atoms with Gasteiger partial charge in [-0.1, -0.05) is 29.3 Å². The summed E-state index contributed by atoms with van der Waals surface area (Å²) in [5.74, 6) is -0.780. The van der Waals surface area contributed by atoms with Gasteiger partial charge in [-0.05, 0) is 32.9 Å². The molecule has 0 fully saturated rings. The first-order valence-corrected chi connectivity index (χ1v) is 7.19. The minimum Gasteiger partial charge on any atom is -0.353 e. The maximum absolute atomic E-state index is 12.1. The molecule has 4 N–H and O–H groups in total. The molecule has 5 nitrogen and oxygen atoms in total. The van der Waals surface area contributed by atoms with E-state index in [0.29, 0.717) is 6.54 Å². The van der Waals surface area contributed by atoms with Gasteiger partial charge in [-0.3, -0.25) is 9.59 Å². The van der Waals surface area contributed by atoms with Crippen molar-refractivity contribution in [2.45, 2.75) is 32.4 Å². The lowest BCUT2D eigenvalue weighted by molar-refractivity contribution is -0.122. The Morgan fingerprint density at radius 3 is 2.52 bits per heavy atom. The first kappa shape index (κ1) is 17.8. The number of carbonyl (C=O) groups excluding carboxylic acids is 2. The fraction of sp³-hybridized carbons (Fsp3) is 0.429. The van der Waals surface area contributed by atoms with Gasteiger partial charge in [-0.2, -0.15) is 0 Å². The van der Waals surface area contributed by atoms with Crippen LogP contribution in [0.1, 0.15) is 31.1 Å². The van der Waals surface area contributed by atoms with Crippen molar-refractivity contribution in [2.75, 3.05) is 6.54 Å². The van der Waals surface area contributed by atoms with Gasteiger partial charge >= 0.3 is 0 Å². The van der Waals surface area contributed by atoms with E-state index in [1.165, 1.54) is 6.07 Å². The van der Waals surface area contributed by atoms with Crippen molar-refractivity contribution in [1.82, 2.24) is 10.6 Å². The highest BCUT2D eigenvalue weighted by atomic mass is 35.5. The van der Waals surface area contributed by atoms with Crippen molar-refractivity contribution in [2.24, 2.45) is 5.73 Å². The third-order valence-electron chi connectivity index (χ3n) is 2.66. The molecule has 0 aliphatic rings.